The lowest BCUT2D eigenvalue weighted by Gasteiger charge is -2.19. The van der Waals surface area contributed by atoms with Gasteiger partial charge in [-0.15, -0.1) is 0 Å². The van der Waals surface area contributed by atoms with Crippen molar-refractivity contribution in [2.75, 3.05) is 18.5 Å². The van der Waals surface area contributed by atoms with Gasteiger partial charge in [0.2, 0.25) is 10.0 Å². The second-order valence-corrected chi connectivity index (χ2v) is 8.07. The lowest BCUT2D eigenvalue weighted by Crippen LogP contribution is -2.32. The first-order valence-electron chi connectivity index (χ1n) is 8.58. The summed E-state index contributed by atoms with van der Waals surface area (Å²) in [5.74, 6) is -1.16. The van der Waals surface area contributed by atoms with Gasteiger partial charge in [-0.05, 0) is 44.4 Å². The van der Waals surface area contributed by atoms with Crippen LogP contribution in [0.1, 0.15) is 49.9 Å². The third kappa shape index (κ3) is 5.42. The lowest BCUT2D eigenvalue weighted by atomic mass is 10.1. The topological polar surface area (TPSA) is 105 Å². The number of carboxylic acids is 1. The van der Waals surface area contributed by atoms with Gasteiger partial charge >= 0.3 is 5.97 Å². The van der Waals surface area contributed by atoms with Gasteiger partial charge in [-0.1, -0.05) is 13.3 Å². The number of carbonyl (C=O) groups is 1. The number of hydrogen-bond acceptors (Lipinski definition) is 5. The zero-order valence-electron chi connectivity index (χ0n) is 14.6. The average Bonchev–Trinajstić information content (AvgIpc) is 3.07. The SMILES string of the molecule is CCCC(C)Nc1ccc(C(=O)O)cc1S(=O)(=O)NCC1CCCO1. The number of anilines is 1. The van der Waals surface area contributed by atoms with Crippen molar-refractivity contribution in [3.8, 4) is 0 Å². The van der Waals surface area contributed by atoms with Crippen molar-refractivity contribution in [3.05, 3.63) is 23.8 Å². The number of ether oxygens (including phenoxy) is 1. The van der Waals surface area contributed by atoms with Gasteiger partial charge < -0.3 is 15.2 Å². The molecule has 0 radical (unpaired) electrons. The Kier molecular flexibility index (Phi) is 6.80. The van der Waals surface area contributed by atoms with E-state index in [1.807, 2.05) is 13.8 Å². The first-order valence-corrected chi connectivity index (χ1v) is 10.1. The molecular formula is C17H26N2O5S. The summed E-state index contributed by atoms with van der Waals surface area (Å²) in [4.78, 5) is 11.2. The van der Waals surface area contributed by atoms with Crippen LogP contribution in [0.4, 0.5) is 5.69 Å². The highest BCUT2D eigenvalue weighted by molar-refractivity contribution is 7.89. The normalized spacial score (nSPS) is 18.9. The molecule has 0 aromatic heterocycles. The van der Waals surface area contributed by atoms with Gasteiger partial charge in [0.05, 0.1) is 17.4 Å². The molecule has 8 heteroatoms. The van der Waals surface area contributed by atoms with E-state index in [4.69, 9.17) is 4.74 Å². The molecule has 7 nitrogen and oxygen atoms in total. The Bertz CT molecular complexity index is 699. The standard InChI is InChI=1S/C17H26N2O5S/c1-3-5-12(2)19-15-8-7-13(17(20)21)10-16(15)25(22,23)18-11-14-6-4-9-24-14/h7-8,10,12,14,18-19H,3-6,9,11H2,1-2H3,(H,20,21). The number of nitrogens with one attached hydrogen (secondary N) is 2. The fourth-order valence-electron chi connectivity index (χ4n) is 2.85. The summed E-state index contributed by atoms with van der Waals surface area (Å²) >= 11 is 0. The molecule has 1 heterocycles. The van der Waals surface area contributed by atoms with E-state index in [0.717, 1.165) is 25.7 Å². The van der Waals surface area contributed by atoms with E-state index in [1.165, 1.54) is 18.2 Å². The summed E-state index contributed by atoms with van der Waals surface area (Å²) in [6.07, 6.45) is 3.44. The minimum Gasteiger partial charge on any atom is -0.478 e. The van der Waals surface area contributed by atoms with Crippen molar-refractivity contribution in [2.45, 2.75) is 56.6 Å². The van der Waals surface area contributed by atoms with Crippen LogP contribution in [0.2, 0.25) is 0 Å². The van der Waals surface area contributed by atoms with Crippen molar-refractivity contribution >= 4 is 21.7 Å². The molecule has 3 N–H and O–H groups in total. The van der Waals surface area contributed by atoms with Crippen molar-refractivity contribution in [2.24, 2.45) is 0 Å². The van der Waals surface area contributed by atoms with Gasteiger partial charge in [0.15, 0.2) is 0 Å². The van der Waals surface area contributed by atoms with Crippen LogP contribution in [0, 0.1) is 0 Å². The molecular weight excluding hydrogens is 344 g/mol. The van der Waals surface area contributed by atoms with Crippen LogP contribution in [0.25, 0.3) is 0 Å². The average molecular weight is 370 g/mol. The highest BCUT2D eigenvalue weighted by Crippen LogP contribution is 2.25. The maximum atomic E-state index is 12.7. The molecule has 25 heavy (non-hydrogen) atoms. The maximum Gasteiger partial charge on any atom is 0.335 e. The van der Waals surface area contributed by atoms with E-state index in [9.17, 15) is 18.3 Å². The van der Waals surface area contributed by atoms with E-state index in [1.54, 1.807) is 0 Å². The zero-order valence-corrected chi connectivity index (χ0v) is 15.4. The monoisotopic (exact) mass is 370 g/mol. The second-order valence-electron chi connectivity index (χ2n) is 6.34. The highest BCUT2D eigenvalue weighted by atomic mass is 32.2. The van der Waals surface area contributed by atoms with Crippen molar-refractivity contribution in [1.82, 2.24) is 4.72 Å². The van der Waals surface area contributed by atoms with E-state index < -0.39 is 16.0 Å². The fraction of sp³-hybridized carbons (Fsp3) is 0.588. The molecule has 1 aromatic rings. The largest absolute Gasteiger partial charge is 0.478 e. The Hall–Kier alpha value is -1.64. The third-order valence-corrected chi connectivity index (χ3v) is 5.63. The second kappa shape index (κ2) is 8.64. The van der Waals surface area contributed by atoms with Crippen LogP contribution >= 0.6 is 0 Å². The molecule has 0 aliphatic carbocycles. The molecule has 0 spiro atoms. The molecule has 1 aromatic carbocycles. The smallest absolute Gasteiger partial charge is 0.335 e. The quantitative estimate of drug-likeness (QED) is 0.617. The summed E-state index contributed by atoms with van der Waals surface area (Å²) in [5, 5.41) is 12.3. The number of aromatic carboxylic acids is 1. The van der Waals surface area contributed by atoms with Crippen LogP contribution in [0.3, 0.4) is 0 Å². The van der Waals surface area contributed by atoms with E-state index >= 15 is 0 Å². The molecule has 1 fully saturated rings. The van der Waals surface area contributed by atoms with Crippen LogP contribution in [-0.4, -0.2) is 44.8 Å². The van der Waals surface area contributed by atoms with Gasteiger partial charge in [-0.25, -0.2) is 17.9 Å². The number of carboxylic acid groups (broad SMARTS) is 1. The lowest BCUT2D eigenvalue weighted by molar-refractivity contribution is 0.0696. The molecule has 0 saturated carbocycles. The molecule has 1 aliphatic rings. The Morgan fingerprint density at radius 3 is 2.80 bits per heavy atom. The number of rotatable bonds is 9. The van der Waals surface area contributed by atoms with Crippen molar-refractivity contribution in [1.29, 1.82) is 0 Å². The van der Waals surface area contributed by atoms with E-state index in [0.29, 0.717) is 12.3 Å². The molecule has 1 aliphatic heterocycles. The summed E-state index contributed by atoms with van der Waals surface area (Å²) in [5.41, 5.74) is 0.344. The number of benzene rings is 1. The molecule has 2 atom stereocenters. The molecule has 2 rings (SSSR count). The number of sulfonamides is 1. The molecule has 140 valence electrons. The van der Waals surface area contributed by atoms with Gasteiger partial charge in [-0.2, -0.15) is 0 Å². The van der Waals surface area contributed by atoms with Gasteiger partial charge in [-0.3, -0.25) is 0 Å². The molecule has 0 bridgehead atoms. The first-order chi connectivity index (χ1) is 11.8. The minimum absolute atomic E-state index is 0.0478. The summed E-state index contributed by atoms with van der Waals surface area (Å²) in [7, 11) is -3.85. The Morgan fingerprint density at radius 1 is 1.44 bits per heavy atom. The Labute approximate surface area is 148 Å². The molecule has 1 saturated heterocycles. The van der Waals surface area contributed by atoms with Crippen LogP contribution < -0.4 is 10.0 Å². The predicted molar refractivity (Wildman–Crippen MR) is 95.6 cm³/mol. The summed E-state index contributed by atoms with van der Waals surface area (Å²) < 4.78 is 33.4. The fourth-order valence-corrected chi connectivity index (χ4v) is 4.11. The first kappa shape index (κ1) is 19.7. The van der Waals surface area contributed by atoms with Gasteiger partial charge in [0.25, 0.3) is 0 Å². The third-order valence-electron chi connectivity index (χ3n) is 4.17. The van der Waals surface area contributed by atoms with E-state index in [-0.39, 0.29) is 29.1 Å². The summed E-state index contributed by atoms with van der Waals surface area (Å²) in [6.45, 7) is 4.84. The van der Waals surface area contributed by atoms with Gasteiger partial charge in [0.1, 0.15) is 4.90 Å². The van der Waals surface area contributed by atoms with Crippen molar-refractivity contribution in [3.63, 3.8) is 0 Å². The van der Waals surface area contributed by atoms with Crippen LogP contribution in [-0.2, 0) is 14.8 Å². The highest BCUT2D eigenvalue weighted by Gasteiger charge is 2.24. The summed E-state index contributed by atoms with van der Waals surface area (Å²) in [6, 6.07) is 4.19. The maximum absolute atomic E-state index is 12.7. The van der Waals surface area contributed by atoms with Gasteiger partial charge in [0, 0.05) is 19.2 Å². The predicted octanol–water partition coefficient (Wildman–Crippen LogP) is 2.44. The van der Waals surface area contributed by atoms with Crippen LogP contribution in [0.15, 0.2) is 23.1 Å². The van der Waals surface area contributed by atoms with Crippen molar-refractivity contribution < 1.29 is 23.1 Å². The van der Waals surface area contributed by atoms with E-state index in [2.05, 4.69) is 10.0 Å². The zero-order chi connectivity index (χ0) is 18.4. The minimum atomic E-state index is -3.85. The molecule has 2 unspecified atom stereocenters. The Morgan fingerprint density at radius 2 is 2.20 bits per heavy atom. The van der Waals surface area contributed by atoms with Crippen LogP contribution in [0.5, 0.6) is 0 Å². The molecule has 0 amide bonds. The Balaban J connectivity index is 2.26. The number of hydrogen-bond donors (Lipinski definition) is 3.